The van der Waals surface area contributed by atoms with E-state index in [9.17, 15) is 9.18 Å². The Morgan fingerprint density at radius 3 is 2.71 bits per heavy atom. The maximum atomic E-state index is 13.5. The Bertz CT molecular complexity index is 451. The van der Waals surface area contributed by atoms with Gasteiger partial charge in [-0.15, -0.1) is 0 Å². The van der Waals surface area contributed by atoms with E-state index in [1.165, 1.54) is 12.1 Å². The molecule has 0 amide bonds. The molecule has 0 fully saturated rings. The molecule has 0 unspecified atom stereocenters. The van der Waals surface area contributed by atoms with Gasteiger partial charge in [0.15, 0.2) is 11.6 Å². The predicted octanol–water partition coefficient (Wildman–Crippen LogP) is 3.06. The first-order chi connectivity index (χ1) is 7.78. The lowest BCUT2D eigenvalue weighted by atomic mass is 9.95. The minimum atomic E-state index is -0.629. The summed E-state index contributed by atoms with van der Waals surface area (Å²) in [5.41, 5.74) is 2.24. The van der Waals surface area contributed by atoms with E-state index in [0.29, 0.717) is 0 Å². The molecule has 0 aliphatic rings. The Balaban J connectivity index is 3.02. The molecule has 0 atom stereocenters. The maximum absolute atomic E-state index is 13.5. The van der Waals surface area contributed by atoms with E-state index in [-0.39, 0.29) is 27.3 Å². The van der Waals surface area contributed by atoms with Crippen molar-refractivity contribution >= 4 is 33.3 Å². The molecule has 0 spiro atoms. The quantitative estimate of drug-likeness (QED) is 0.387. The summed E-state index contributed by atoms with van der Waals surface area (Å²) in [7, 11) is 0. The third-order valence-corrected chi connectivity index (χ3v) is 3.40. The second kappa shape index (κ2) is 5.44. The van der Waals surface area contributed by atoms with Crippen molar-refractivity contribution in [3.05, 3.63) is 33.0 Å². The number of nitrogens with two attached hydrogens (primary N) is 1. The molecule has 0 saturated heterocycles. The summed E-state index contributed by atoms with van der Waals surface area (Å²) in [5, 5.41) is -0.0235. The zero-order chi connectivity index (χ0) is 13.2. The van der Waals surface area contributed by atoms with Gasteiger partial charge in [0.1, 0.15) is 0 Å². The summed E-state index contributed by atoms with van der Waals surface area (Å²) < 4.78 is 13.6. The smallest absolute Gasteiger partial charge is 0.165 e. The first-order valence-corrected chi connectivity index (χ1v) is 6.10. The lowest BCUT2D eigenvalue weighted by molar-refractivity contribution is 0.0947. The Morgan fingerprint density at radius 2 is 2.18 bits per heavy atom. The van der Waals surface area contributed by atoms with Crippen LogP contribution >= 0.6 is 27.5 Å². The molecule has 0 bridgehead atoms. The summed E-state index contributed by atoms with van der Waals surface area (Å²) in [4.78, 5) is 12.0. The molecule has 0 heterocycles. The second-order valence-corrected chi connectivity index (χ2v) is 5.55. The Hall–Kier alpha value is -0.490. The Kier molecular flexibility index (Phi) is 4.66. The van der Waals surface area contributed by atoms with Crippen LogP contribution in [0.3, 0.4) is 0 Å². The number of hydrazine groups is 1. The minimum Gasteiger partial charge on any atom is -0.294 e. The SMILES string of the molecule is CC(C)(CC(=O)c1ccc(Cl)c(F)c1Br)NN. The van der Waals surface area contributed by atoms with Crippen LogP contribution in [0.4, 0.5) is 4.39 Å². The number of hydrogen-bond acceptors (Lipinski definition) is 3. The second-order valence-electron chi connectivity index (χ2n) is 4.35. The molecule has 0 aromatic heterocycles. The fourth-order valence-electron chi connectivity index (χ4n) is 1.29. The summed E-state index contributed by atoms with van der Waals surface area (Å²) >= 11 is 8.63. The fraction of sp³-hybridized carbons (Fsp3) is 0.364. The van der Waals surface area contributed by atoms with Crippen LogP contribution in [0, 0.1) is 5.82 Å². The minimum absolute atomic E-state index is 0.0235. The number of rotatable bonds is 4. The number of Topliss-reactive ketones (excluding diaryl/α,β-unsaturated/α-hetero) is 1. The average Bonchev–Trinajstić information content (AvgIpc) is 2.25. The highest BCUT2D eigenvalue weighted by Crippen LogP contribution is 2.28. The van der Waals surface area contributed by atoms with Gasteiger partial charge >= 0.3 is 0 Å². The number of halogens is 3. The molecule has 0 radical (unpaired) electrons. The molecule has 3 N–H and O–H groups in total. The van der Waals surface area contributed by atoms with Gasteiger partial charge in [-0.3, -0.25) is 16.1 Å². The third kappa shape index (κ3) is 3.48. The van der Waals surface area contributed by atoms with Crippen molar-refractivity contribution in [3.8, 4) is 0 Å². The van der Waals surface area contributed by atoms with Crippen molar-refractivity contribution in [2.75, 3.05) is 0 Å². The van der Waals surface area contributed by atoms with Crippen LogP contribution < -0.4 is 11.3 Å². The normalized spacial score (nSPS) is 11.6. The molecule has 3 nitrogen and oxygen atoms in total. The van der Waals surface area contributed by atoms with Crippen LogP contribution in [0.2, 0.25) is 5.02 Å². The van der Waals surface area contributed by atoms with E-state index in [0.717, 1.165) is 0 Å². The zero-order valence-corrected chi connectivity index (χ0v) is 11.8. The van der Waals surface area contributed by atoms with Gasteiger partial charge in [-0.1, -0.05) is 11.6 Å². The van der Waals surface area contributed by atoms with Crippen LogP contribution in [0.15, 0.2) is 16.6 Å². The topological polar surface area (TPSA) is 55.1 Å². The zero-order valence-electron chi connectivity index (χ0n) is 9.48. The van der Waals surface area contributed by atoms with Crippen LogP contribution in [0.25, 0.3) is 0 Å². The molecule has 94 valence electrons. The van der Waals surface area contributed by atoms with Gasteiger partial charge < -0.3 is 0 Å². The molecule has 0 aliphatic carbocycles. The van der Waals surface area contributed by atoms with Gasteiger partial charge in [-0.2, -0.15) is 0 Å². The van der Waals surface area contributed by atoms with Gasteiger partial charge in [-0.25, -0.2) is 4.39 Å². The van der Waals surface area contributed by atoms with Gasteiger partial charge in [0.05, 0.1) is 9.50 Å². The molecule has 6 heteroatoms. The van der Waals surface area contributed by atoms with E-state index < -0.39 is 11.4 Å². The Labute approximate surface area is 113 Å². The molecule has 1 rings (SSSR count). The van der Waals surface area contributed by atoms with Crippen molar-refractivity contribution in [1.82, 2.24) is 5.43 Å². The van der Waals surface area contributed by atoms with Crippen LogP contribution in [-0.4, -0.2) is 11.3 Å². The number of hydrogen-bond donors (Lipinski definition) is 2. The number of carbonyl (C=O) groups excluding carboxylic acids is 1. The van der Waals surface area contributed by atoms with Crippen LogP contribution in [-0.2, 0) is 0 Å². The monoisotopic (exact) mass is 322 g/mol. The highest BCUT2D eigenvalue weighted by atomic mass is 79.9. The fourth-order valence-corrected chi connectivity index (χ4v) is 2.13. The van der Waals surface area contributed by atoms with Crippen molar-refractivity contribution in [2.45, 2.75) is 25.8 Å². The van der Waals surface area contributed by atoms with Crippen LogP contribution in [0.1, 0.15) is 30.6 Å². The summed E-state index contributed by atoms with van der Waals surface area (Å²) in [6, 6.07) is 2.85. The van der Waals surface area contributed by atoms with Gasteiger partial charge in [0.25, 0.3) is 0 Å². The number of carbonyl (C=O) groups is 1. The molecular formula is C11H13BrClFN2O. The Morgan fingerprint density at radius 1 is 1.59 bits per heavy atom. The van der Waals surface area contributed by atoms with Gasteiger partial charge in [-0.05, 0) is 41.9 Å². The summed E-state index contributed by atoms with van der Waals surface area (Å²) in [5.74, 6) is 4.47. The number of benzene rings is 1. The van der Waals surface area contributed by atoms with Crippen LogP contribution in [0.5, 0.6) is 0 Å². The first-order valence-electron chi connectivity index (χ1n) is 4.93. The van der Waals surface area contributed by atoms with Crippen molar-refractivity contribution in [2.24, 2.45) is 5.84 Å². The highest BCUT2D eigenvalue weighted by Gasteiger charge is 2.23. The standard InChI is InChI=1S/C11H13BrClFN2O/c1-11(2,16-15)5-8(17)6-3-4-7(13)10(14)9(6)12/h3-4,16H,5,15H2,1-2H3. The maximum Gasteiger partial charge on any atom is 0.165 e. The largest absolute Gasteiger partial charge is 0.294 e. The molecule has 1 aromatic rings. The van der Waals surface area contributed by atoms with Crippen molar-refractivity contribution < 1.29 is 9.18 Å². The lowest BCUT2D eigenvalue weighted by Gasteiger charge is -2.22. The van der Waals surface area contributed by atoms with Crippen molar-refractivity contribution in [1.29, 1.82) is 0 Å². The molecule has 17 heavy (non-hydrogen) atoms. The molecule has 1 aromatic carbocycles. The molecule has 0 saturated carbocycles. The van der Waals surface area contributed by atoms with Gasteiger partial charge in [0.2, 0.25) is 0 Å². The molecular weight excluding hydrogens is 310 g/mol. The molecule has 0 aliphatic heterocycles. The van der Waals surface area contributed by atoms with E-state index in [1.54, 1.807) is 13.8 Å². The lowest BCUT2D eigenvalue weighted by Crippen LogP contribution is -2.45. The van der Waals surface area contributed by atoms with E-state index in [1.807, 2.05) is 0 Å². The van der Waals surface area contributed by atoms with Crippen molar-refractivity contribution in [3.63, 3.8) is 0 Å². The average molecular weight is 324 g/mol. The van der Waals surface area contributed by atoms with Gasteiger partial charge in [0, 0.05) is 17.5 Å². The first kappa shape index (κ1) is 14.6. The number of ketones is 1. The summed E-state index contributed by atoms with van der Waals surface area (Å²) in [6.45, 7) is 3.57. The predicted molar refractivity (Wildman–Crippen MR) is 69.5 cm³/mol. The van der Waals surface area contributed by atoms with E-state index in [2.05, 4.69) is 21.4 Å². The summed E-state index contributed by atoms with van der Waals surface area (Å²) in [6.07, 6.45) is 0.156. The van der Waals surface area contributed by atoms with E-state index >= 15 is 0 Å². The number of nitrogens with one attached hydrogen (secondary N) is 1. The van der Waals surface area contributed by atoms with E-state index in [4.69, 9.17) is 17.4 Å². The highest BCUT2D eigenvalue weighted by molar-refractivity contribution is 9.10. The third-order valence-electron chi connectivity index (χ3n) is 2.33.